The number of nitrogens with one attached hydrogen (secondary N) is 2. The molecule has 0 amide bonds. The zero-order valence-electron chi connectivity index (χ0n) is 9.18. The fraction of sp³-hybridized carbons (Fsp3) is 0.300. The first kappa shape index (κ1) is 11.5. The summed E-state index contributed by atoms with van der Waals surface area (Å²) >= 11 is 0. The predicted octanol–water partition coefficient (Wildman–Crippen LogP) is 0.895. The summed E-state index contributed by atoms with van der Waals surface area (Å²) in [5, 5.41) is 25.8. The fourth-order valence-corrected chi connectivity index (χ4v) is 1.45. The average Bonchev–Trinajstić information content (AvgIpc) is 2.78. The summed E-state index contributed by atoms with van der Waals surface area (Å²) in [6.45, 7) is 2.27. The Balaban J connectivity index is 1.98. The number of hydrogen-bond donors (Lipinski definition) is 3. The maximum atomic E-state index is 13.0. The Morgan fingerprint density at radius 3 is 2.94 bits per heavy atom. The summed E-state index contributed by atoms with van der Waals surface area (Å²) in [6.07, 6.45) is 0. The van der Waals surface area contributed by atoms with Crippen LogP contribution in [-0.2, 0) is 6.54 Å². The molecule has 7 heteroatoms. The Labute approximate surface area is 96.9 Å². The largest absolute Gasteiger partial charge is 0.508 e. The van der Waals surface area contributed by atoms with Gasteiger partial charge in [0.25, 0.3) is 0 Å². The molecule has 0 saturated carbocycles. The molecular weight excluding hydrogens is 225 g/mol. The van der Waals surface area contributed by atoms with Crippen LogP contribution in [0.1, 0.15) is 24.4 Å². The highest BCUT2D eigenvalue weighted by Gasteiger charge is 2.09. The van der Waals surface area contributed by atoms with Crippen LogP contribution in [0.2, 0.25) is 0 Å². The lowest BCUT2D eigenvalue weighted by molar-refractivity contribution is 0.466. The van der Waals surface area contributed by atoms with Crippen molar-refractivity contribution in [2.45, 2.75) is 19.5 Å². The number of hydrogen-bond acceptors (Lipinski definition) is 5. The van der Waals surface area contributed by atoms with Gasteiger partial charge in [0, 0.05) is 12.6 Å². The topological polar surface area (TPSA) is 86.7 Å². The van der Waals surface area contributed by atoms with Crippen LogP contribution >= 0.6 is 0 Å². The highest BCUT2D eigenvalue weighted by molar-refractivity contribution is 5.28. The number of halogens is 1. The molecule has 3 N–H and O–H groups in total. The summed E-state index contributed by atoms with van der Waals surface area (Å²) in [6, 6.07) is 3.81. The van der Waals surface area contributed by atoms with E-state index in [9.17, 15) is 9.50 Å². The van der Waals surface area contributed by atoms with Crippen molar-refractivity contribution >= 4 is 0 Å². The summed E-state index contributed by atoms with van der Waals surface area (Å²) in [5.74, 6) is -0.0198. The lowest BCUT2D eigenvalue weighted by Crippen LogP contribution is -2.19. The van der Waals surface area contributed by atoms with E-state index in [2.05, 4.69) is 25.9 Å². The molecule has 0 fully saturated rings. The molecule has 0 radical (unpaired) electrons. The molecule has 6 nitrogen and oxygen atoms in total. The van der Waals surface area contributed by atoms with E-state index in [-0.39, 0.29) is 11.8 Å². The number of aromatic amines is 1. The number of aromatic nitrogens is 4. The summed E-state index contributed by atoms with van der Waals surface area (Å²) in [5.41, 5.74) is 0.651. The van der Waals surface area contributed by atoms with Crippen LogP contribution in [0.4, 0.5) is 4.39 Å². The Morgan fingerprint density at radius 2 is 2.29 bits per heavy atom. The molecular formula is C10H12FN5O. The van der Waals surface area contributed by atoms with E-state index in [1.165, 1.54) is 12.1 Å². The van der Waals surface area contributed by atoms with Gasteiger partial charge in [0.1, 0.15) is 11.6 Å². The smallest absolute Gasteiger partial charge is 0.191 e. The molecule has 1 aromatic carbocycles. The summed E-state index contributed by atoms with van der Waals surface area (Å²) in [7, 11) is 0. The zero-order valence-corrected chi connectivity index (χ0v) is 9.18. The predicted molar refractivity (Wildman–Crippen MR) is 57.5 cm³/mol. The van der Waals surface area contributed by atoms with Gasteiger partial charge in [-0.05, 0) is 24.6 Å². The second-order valence-corrected chi connectivity index (χ2v) is 3.69. The first-order valence-corrected chi connectivity index (χ1v) is 5.10. The lowest BCUT2D eigenvalue weighted by Gasteiger charge is -2.10. The van der Waals surface area contributed by atoms with E-state index < -0.39 is 5.82 Å². The van der Waals surface area contributed by atoms with E-state index in [1.54, 1.807) is 0 Å². The molecule has 0 saturated heterocycles. The minimum atomic E-state index is -0.464. The third kappa shape index (κ3) is 2.97. The van der Waals surface area contributed by atoms with Crippen LogP contribution in [-0.4, -0.2) is 25.7 Å². The molecule has 0 aliphatic carbocycles. The normalized spacial score (nSPS) is 12.6. The van der Waals surface area contributed by atoms with Crippen molar-refractivity contribution in [3.05, 3.63) is 35.4 Å². The number of aromatic hydroxyl groups is 1. The Bertz CT molecular complexity index is 467. The van der Waals surface area contributed by atoms with E-state index in [0.29, 0.717) is 17.9 Å². The first-order chi connectivity index (χ1) is 8.15. The number of nitrogens with zero attached hydrogens (tertiary/aromatic N) is 3. The van der Waals surface area contributed by atoms with Gasteiger partial charge in [0.2, 0.25) is 0 Å². The number of benzene rings is 1. The van der Waals surface area contributed by atoms with Crippen LogP contribution < -0.4 is 5.32 Å². The van der Waals surface area contributed by atoms with Gasteiger partial charge in [0.05, 0.1) is 6.04 Å². The van der Waals surface area contributed by atoms with Crippen molar-refractivity contribution in [2.75, 3.05) is 0 Å². The quantitative estimate of drug-likeness (QED) is 0.735. The molecule has 1 unspecified atom stereocenters. The van der Waals surface area contributed by atoms with Crippen LogP contribution in [0.3, 0.4) is 0 Å². The third-order valence-electron chi connectivity index (χ3n) is 2.30. The number of rotatable bonds is 4. The average molecular weight is 237 g/mol. The van der Waals surface area contributed by atoms with Crippen LogP contribution in [0.15, 0.2) is 18.2 Å². The summed E-state index contributed by atoms with van der Waals surface area (Å²) in [4.78, 5) is 0. The Kier molecular flexibility index (Phi) is 3.29. The molecule has 0 bridgehead atoms. The number of tetrazole rings is 1. The van der Waals surface area contributed by atoms with Crippen molar-refractivity contribution in [1.29, 1.82) is 0 Å². The molecule has 90 valence electrons. The van der Waals surface area contributed by atoms with Crippen molar-refractivity contribution < 1.29 is 9.50 Å². The summed E-state index contributed by atoms with van der Waals surface area (Å²) < 4.78 is 13.0. The van der Waals surface area contributed by atoms with Gasteiger partial charge < -0.3 is 10.4 Å². The van der Waals surface area contributed by atoms with E-state index in [4.69, 9.17) is 0 Å². The Hall–Kier alpha value is -2.02. The van der Waals surface area contributed by atoms with Gasteiger partial charge >= 0.3 is 0 Å². The van der Waals surface area contributed by atoms with Crippen molar-refractivity contribution in [1.82, 2.24) is 25.9 Å². The Morgan fingerprint density at radius 1 is 1.47 bits per heavy atom. The maximum absolute atomic E-state index is 13.0. The second-order valence-electron chi connectivity index (χ2n) is 3.69. The fourth-order valence-electron chi connectivity index (χ4n) is 1.45. The number of phenolic OH excluding ortho intramolecular Hbond substituents is 1. The van der Waals surface area contributed by atoms with Gasteiger partial charge in [-0.2, -0.15) is 5.21 Å². The molecule has 0 spiro atoms. The van der Waals surface area contributed by atoms with E-state index in [1.807, 2.05) is 6.92 Å². The lowest BCUT2D eigenvalue weighted by atomic mass is 10.2. The molecule has 1 atom stereocenters. The van der Waals surface area contributed by atoms with Crippen molar-refractivity contribution in [2.24, 2.45) is 0 Å². The second kappa shape index (κ2) is 4.88. The van der Waals surface area contributed by atoms with Gasteiger partial charge in [-0.15, -0.1) is 10.2 Å². The van der Waals surface area contributed by atoms with Crippen LogP contribution in [0.5, 0.6) is 5.75 Å². The number of H-pyrrole nitrogens is 1. The number of phenols is 1. The molecule has 1 aromatic heterocycles. The molecule has 1 heterocycles. The van der Waals surface area contributed by atoms with Crippen molar-refractivity contribution in [3.8, 4) is 5.75 Å². The zero-order chi connectivity index (χ0) is 12.3. The standard InChI is InChI=1S/C10H12FN5O/c1-6(10-13-15-16-14-10)12-5-7-2-8(11)4-9(17)3-7/h2-4,6,12,17H,5H2,1H3,(H,13,14,15,16). The first-order valence-electron chi connectivity index (χ1n) is 5.10. The van der Waals surface area contributed by atoms with Gasteiger partial charge in [-0.1, -0.05) is 5.21 Å². The SMILES string of the molecule is CC(NCc1cc(O)cc(F)c1)c1nn[nH]n1. The molecule has 2 aromatic rings. The van der Waals surface area contributed by atoms with Crippen molar-refractivity contribution in [3.63, 3.8) is 0 Å². The van der Waals surface area contributed by atoms with E-state index >= 15 is 0 Å². The van der Waals surface area contributed by atoms with Gasteiger partial charge in [0.15, 0.2) is 5.82 Å². The van der Waals surface area contributed by atoms with E-state index in [0.717, 1.165) is 6.07 Å². The van der Waals surface area contributed by atoms with Crippen LogP contribution in [0.25, 0.3) is 0 Å². The molecule has 0 aliphatic rings. The minimum Gasteiger partial charge on any atom is -0.508 e. The van der Waals surface area contributed by atoms with Gasteiger partial charge in [-0.25, -0.2) is 4.39 Å². The third-order valence-corrected chi connectivity index (χ3v) is 2.30. The molecule has 17 heavy (non-hydrogen) atoms. The maximum Gasteiger partial charge on any atom is 0.191 e. The van der Waals surface area contributed by atoms with Crippen LogP contribution in [0, 0.1) is 5.82 Å². The monoisotopic (exact) mass is 237 g/mol. The van der Waals surface area contributed by atoms with Gasteiger partial charge in [-0.3, -0.25) is 0 Å². The molecule has 0 aliphatic heterocycles. The highest BCUT2D eigenvalue weighted by atomic mass is 19.1. The minimum absolute atomic E-state index is 0.0889. The molecule has 2 rings (SSSR count). The highest BCUT2D eigenvalue weighted by Crippen LogP contribution is 2.15.